The fourth-order valence-corrected chi connectivity index (χ4v) is 3.09. The lowest BCUT2D eigenvalue weighted by Crippen LogP contribution is -2.25. The summed E-state index contributed by atoms with van der Waals surface area (Å²) in [6.45, 7) is 0.259. The maximum Gasteiger partial charge on any atom is 0.341 e. The molecule has 0 unspecified atom stereocenters. The van der Waals surface area contributed by atoms with Gasteiger partial charge in [0.15, 0.2) is 0 Å². The number of nitrogens with zero attached hydrogens (tertiary/aromatic N) is 1. The van der Waals surface area contributed by atoms with Crippen molar-refractivity contribution in [3.05, 3.63) is 64.3 Å². The number of hydrogen-bond donors (Lipinski definition) is 1. The molecule has 1 amide bonds. The summed E-state index contributed by atoms with van der Waals surface area (Å²) in [5.74, 6) is -0.298. The molecule has 27 heavy (non-hydrogen) atoms. The normalized spacial score (nSPS) is 10.7. The molecule has 1 heterocycles. The van der Waals surface area contributed by atoms with Crippen molar-refractivity contribution < 1.29 is 19.1 Å². The van der Waals surface area contributed by atoms with Crippen LogP contribution in [0.3, 0.4) is 0 Å². The maximum absolute atomic E-state index is 12.6. The Morgan fingerprint density at radius 1 is 1.11 bits per heavy atom. The first-order valence-corrected chi connectivity index (χ1v) is 8.60. The molecule has 1 N–H and O–H groups in total. The summed E-state index contributed by atoms with van der Waals surface area (Å²) in [4.78, 5) is 24.5. The van der Waals surface area contributed by atoms with Gasteiger partial charge in [0, 0.05) is 29.5 Å². The van der Waals surface area contributed by atoms with Gasteiger partial charge in [0.25, 0.3) is 5.91 Å². The minimum Gasteiger partial charge on any atom is -0.496 e. The van der Waals surface area contributed by atoms with Gasteiger partial charge in [-0.15, -0.1) is 0 Å². The van der Waals surface area contributed by atoms with E-state index in [0.717, 1.165) is 16.5 Å². The minimum absolute atomic E-state index is 0.222. The van der Waals surface area contributed by atoms with Crippen molar-refractivity contribution in [3.8, 4) is 5.75 Å². The zero-order chi connectivity index (χ0) is 19.6. The van der Waals surface area contributed by atoms with E-state index >= 15 is 0 Å². The Hall–Kier alpha value is -2.99. The number of hydrogen-bond acceptors (Lipinski definition) is 4. The van der Waals surface area contributed by atoms with Crippen molar-refractivity contribution in [2.75, 3.05) is 14.2 Å². The number of halogens is 1. The molecule has 0 aliphatic heterocycles. The first-order chi connectivity index (χ1) is 12.9. The number of methoxy groups -OCH3 is 2. The Morgan fingerprint density at radius 2 is 1.89 bits per heavy atom. The highest BCUT2D eigenvalue weighted by atomic mass is 35.5. The number of ether oxygens (including phenoxy) is 2. The van der Waals surface area contributed by atoms with Crippen LogP contribution in [-0.2, 0) is 18.3 Å². The molecule has 140 valence electrons. The fourth-order valence-electron chi connectivity index (χ4n) is 2.93. The number of aryl methyl sites for hydroxylation is 1. The van der Waals surface area contributed by atoms with Gasteiger partial charge in [0.05, 0.1) is 14.2 Å². The van der Waals surface area contributed by atoms with Gasteiger partial charge in [-0.1, -0.05) is 23.7 Å². The zero-order valence-electron chi connectivity index (χ0n) is 15.2. The van der Waals surface area contributed by atoms with Crippen molar-refractivity contribution in [1.82, 2.24) is 9.88 Å². The van der Waals surface area contributed by atoms with E-state index in [-0.39, 0.29) is 12.5 Å². The summed E-state index contributed by atoms with van der Waals surface area (Å²) >= 11 is 6.04. The van der Waals surface area contributed by atoms with Gasteiger partial charge in [-0.25, -0.2) is 4.79 Å². The molecule has 7 heteroatoms. The number of esters is 1. The van der Waals surface area contributed by atoms with E-state index < -0.39 is 5.97 Å². The van der Waals surface area contributed by atoms with Crippen LogP contribution >= 0.6 is 11.6 Å². The third-order valence-corrected chi connectivity index (χ3v) is 4.60. The van der Waals surface area contributed by atoms with Crippen LogP contribution < -0.4 is 10.1 Å². The molecule has 0 aliphatic carbocycles. The predicted molar refractivity (Wildman–Crippen MR) is 103 cm³/mol. The number of aromatic nitrogens is 1. The molecular weight excluding hydrogens is 368 g/mol. The lowest BCUT2D eigenvalue weighted by atomic mass is 10.1. The maximum atomic E-state index is 12.6. The molecule has 0 radical (unpaired) electrons. The number of nitrogens with one attached hydrogen (secondary N) is 1. The standard InChI is InChI=1S/C20H19ClN2O4/c1-23-16-10-14(21)6-5-13(16)9-17(23)19(24)22-11-12-4-7-18(26-2)15(8-12)20(25)27-3/h4-10H,11H2,1-3H3,(H,22,24). The number of rotatable bonds is 5. The molecule has 3 rings (SSSR count). The van der Waals surface area contributed by atoms with Crippen molar-refractivity contribution in [1.29, 1.82) is 0 Å². The number of benzene rings is 2. The summed E-state index contributed by atoms with van der Waals surface area (Å²) in [5, 5.41) is 4.42. The van der Waals surface area contributed by atoms with Gasteiger partial charge in [0.1, 0.15) is 17.0 Å². The van der Waals surface area contributed by atoms with Crippen molar-refractivity contribution >= 4 is 34.4 Å². The van der Waals surface area contributed by atoms with E-state index in [1.807, 2.05) is 25.2 Å². The second-order valence-electron chi connectivity index (χ2n) is 6.00. The average Bonchev–Trinajstić information content (AvgIpc) is 3.01. The van der Waals surface area contributed by atoms with Crippen LogP contribution in [0, 0.1) is 0 Å². The smallest absolute Gasteiger partial charge is 0.341 e. The molecule has 2 aromatic carbocycles. The Labute approximate surface area is 161 Å². The molecule has 0 atom stereocenters. The van der Waals surface area contributed by atoms with Gasteiger partial charge in [-0.05, 0) is 35.9 Å². The number of amides is 1. The summed E-state index contributed by atoms with van der Waals surface area (Å²) in [5.41, 5.74) is 2.47. The minimum atomic E-state index is -0.495. The monoisotopic (exact) mass is 386 g/mol. The second kappa shape index (κ2) is 7.72. The Morgan fingerprint density at radius 3 is 2.59 bits per heavy atom. The van der Waals surface area contributed by atoms with Gasteiger partial charge < -0.3 is 19.4 Å². The molecule has 0 fully saturated rings. The lowest BCUT2D eigenvalue weighted by molar-refractivity contribution is 0.0597. The molecule has 1 aromatic heterocycles. The SMILES string of the molecule is COC(=O)c1cc(CNC(=O)c2cc3ccc(Cl)cc3n2C)ccc1OC. The van der Waals surface area contributed by atoms with E-state index in [1.165, 1.54) is 14.2 Å². The van der Waals surface area contributed by atoms with Crippen LogP contribution in [0.25, 0.3) is 10.9 Å². The van der Waals surface area contributed by atoms with Crippen LogP contribution in [0.1, 0.15) is 26.4 Å². The highest BCUT2D eigenvalue weighted by Gasteiger charge is 2.16. The first kappa shape index (κ1) is 18.8. The summed E-state index contributed by atoms with van der Waals surface area (Å²) in [6, 6.07) is 12.4. The molecular formula is C20H19ClN2O4. The van der Waals surface area contributed by atoms with Crippen molar-refractivity contribution in [3.63, 3.8) is 0 Å². The van der Waals surface area contributed by atoms with Crippen LogP contribution in [-0.4, -0.2) is 30.7 Å². The number of carbonyl (C=O) groups is 2. The topological polar surface area (TPSA) is 69.6 Å². The summed E-state index contributed by atoms with van der Waals surface area (Å²) < 4.78 is 11.7. The second-order valence-corrected chi connectivity index (χ2v) is 6.44. The molecule has 0 spiro atoms. The van der Waals surface area contributed by atoms with E-state index in [2.05, 4.69) is 5.32 Å². The largest absolute Gasteiger partial charge is 0.496 e. The van der Waals surface area contributed by atoms with Crippen LogP contribution in [0.2, 0.25) is 5.02 Å². The van der Waals surface area contributed by atoms with E-state index in [9.17, 15) is 9.59 Å². The molecule has 0 saturated heterocycles. The number of carbonyl (C=O) groups excluding carboxylic acids is 2. The Bertz CT molecular complexity index is 1030. The zero-order valence-corrected chi connectivity index (χ0v) is 16.0. The van der Waals surface area contributed by atoms with Gasteiger partial charge in [-0.3, -0.25) is 4.79 Å². The first-order valence-electron chi connectivity index (χ1n) is 8.23. The molecule has 6 nitrogen and oxygen atoms in total. The van der Waals surface area contributed by atoms with Crippen molar-refractivity contribution in [2.45, 2.75) is 6.54 Å². The summed E-state index contributed by atoms with van der Waals surface area (Å²) in [7, 11) is 4.61. The van der Waals surface area contributed by atoms with Crippen LogP contribution in [0.5, 0.6) is 5.75 Å². The average molecular weight is 387 g/mol. The van der Waals surface area contributed by atoms with E-state index in [0.29, 0.717) is 22.0 Å². The van der Waals surface area contributed by atoms with E-state index in [4.69, 9.17) is 21.1 Å². The lowest BCUT2D eigenvalue weighted by Gasteiger charge is -2.10. The van der Waals surface area contributed by atoms with E-state index in [1.54, 1.807) is 28.8 Å². The van der Waals surface area contributed by atoms with Crippen molar-refractivity contribution in [2.24, 2.45) is 7.05 Å². The van der Waals surface area contributed by atoms with Crippen LogP contribution in [0.4, 0.5) is 0 Å². The third kappa shape index (κ3) is 3.75. The third-order valence-electron chi connectivity index (χ3n) is 4.36. The quantitative estimate of drug-likeness (QED) is 0.681. The van der Waals surface area contributed by atoms with Gasteiger partial charge >= 0.3 is 5.97 Å². The summed E-state index contributed by atoms with van der Waals surface area (Å²) in [6.07, 6.45) is 0. The Kier molecular flexibility index (Phi) is 5.37. The van der Waals surface area contributed by atoms with Gasteiger partial charge in [-0.2, -0.15) is 0 Å². The molecule has 0 aliphatic rings. The van der Waals surface area contributed by atoms with Crippen LogP contribution in [0.15, 0.2) is 42.5 Å². The Balaban J connectivity index is 1.80. The number of fused-ring (bicyclic) bond motifs is 1. The molecule has 3 aromatic rings. The molecule has 0 bridgehead atoms. The highest BCUT2D eigenvalue weighted by molar-refractivity contribution is 6.31. The molecule has 0 saturated carbocycles. The highest BCUT2D eigenvalue weighted by Crippen LogP contribution is 2.23. The fraction of sp³-hybridized carbons (Fsp3) is 0.200. The predicted octanol–water partition coefficient (Wildman–Crippen LogP) is 3.56. The van der Waals surface area contributed by atoms with Gasteiger partial charge in [0.2, 0.25) is 0 Å².